The largest absolute Gasteiger partial charge is 0.342 e. The van der Waals surface area contributed by atoms with Gasteiger partial charge in [-0.25, -0.2) is 4.39 Å². The number of hydrogen-bond acceptors (Lipinski definition) is 3. The predicted molar refractivity (Wildman–Crippen MR) is 84.8 cm³/mol. The van der Waals surface area contributed by atoms with Gasteiger partial charge in [0.15, 0.2) is 0 Å². The zero-order chi connectivity index (χ0) is 17.4. The van der Waals surface area contributed by atoms with Crippen LogP contribution in [0.15, 0.2) is 18.2 Å². The van der Waals surface area contributed by atoms with Gasteiger partial charge in [-0.2, -0.15) is 0 Å². The van der Waals surface area contributed by atoms with E-state index in [1.54, 1.807) is 24.0 Å². The van der Waals surface area contributed by atoms with Crippen LogP contribution in [0.2, 0.25) is 0 Å². The first-order valence-corrected chi connectivity index (χ1v) is 8.08. The summed E-state index contributed by atoms with van der Waals surface area (Å²) in [6, 6.07) is 3.19. The Hall–Kier alpha value is -2.44. The molecule has 2 aliphatic rings. The third-order valence-corrected chi connectivity index (χ3v) is 4.69. The number of carbonyl (C=O) groups is 3. The molecule has 6 nitrogen and oxygen atoms in total. The van der Waals surface area contributed by atoms with Gasteiger partial charge in [-0.05, 0) is 31.0 Å². The molecule has 0 spiro atoms. The van der Waals surface area contributed by atoms with E-state index < -0.39 is 17.9 Å². The molecule has 128 valence electrons. The first-order valence-electron chi connectivity index (χ1n) is 8.08. The molecule has 0 unspecified atom stereocenters. The van der Waals surface area contributed by atoms with Crippen molar-refractivity contribution in [3.63, 3.8) is 0 Å². The third kappa shape index (κ3) is 2.74. The van der Waals surface area contributed by atoms with Gasteiger partial charge in [-0.3, -0.25) is 14.4 Å². The molecule has 7 heteroatoms. The van der Waals surface area contributed by atoms with E-state index in [1.807, 2.05) is 6.92 Å². The van der Waals surface area contributed by atoms with Gasteiger partial charge >= 0.3 is 0 Å². The lowest BCUT2D eigenvalue weighted by Gasteiger charge is -2.45. The topological polar surface area (TPSA) is 69.7 Å². The Morgan fingerprint density at radius 3 is 2.75 bits per heavy atom. The third-order valence-electron chi connectivity index (χ3n) is 4.69. The fourth-order valence-electron chi connectivity index (χ4n) is 3.17. The van der Waals surface area contributed by atoms with Crippen LogP contribution in [0.3, 0.4) is 0 Å². The van der Waals surface area contributed by atoms with Gasteiger partial charge in [0.2, 0.25) is 11.8 Å². The summed E-state index contributed by atoms with van der Waals surface area (Å²) in [6.45, 7) is 4.25. The fraction of sp³-hybridized carbons (Fsp3) is 0.471. The van der Waals surface area contributed by atoms with Crippen molar-refractivity contribution in [3.8, 4) is 0 Å². The van der Waals surface area contributed by atoms with Gasteiger partial charge in [-0.15, -0.1) is 0 Å². The minimum Gasteiger partial charge on any atom is -0.342 e. The van der Waals surface area contributed by atoms with Gasteiger partial charge in [0.05, 0.1) is 6.54 Å². The SMILES string of the molecule is CC[C@@H]1NC(=O)[C@H]2CN(C(=O)c3ccc(C)c(F)c3)CCN2C1=O. The van der Waals surface area contributed by atoms with E-state index in [2.05, 4.69) is 5.32 Å². The summed E-state index contributed by atoms with van der Waals surface area (Å²) in [7, 11) is 0. The highest BCUT2D eigenvalue weighted by Crippen LogP contribution is 2.20. The molecule has 3 rings (SSSR count). The molecule has 1 N–H and O–H groups in total. The van der Waals surface area contributed by atoms with Gasteiger partial charge in [0.1, 0.15) is 17.9 Å². The number of nitrogens with zero attached hydrogens (tertiary/aromatic N) is 2. The summed E-state index contributed by atoms with van der Waals surface area (Å²) >= 11 is 0. The molecule has 2 atom stereocenters. The van der Waals surface area contributed by atoms with Crippen molar-refractivity contribution in [2.24, 2.45) is 0 Å². The van der Waals surface area contributed by atoms with Crippen LogP contribution in [0.5, 0.6) is 0 Å². The minimum absolute atomic E-state index is 0.101. The number of carbonyl (C=O) groups excluding carboxylic acids is 3. The lowest BCUT2D eigenvalue weighted by molar-refractivity contribution is -0.152. The minimum atomic E-state index is -0.673. The van der Waals surface area contributed by atoms with Gasteiger partial charge in [0.25, 0.3) is 5.91 Å². The smallest absolute Gasteiger partial charge is 0.254 e. The van der Waals surface area contributed by atoms with Crippen molar-refractivity contribution in [2.45, 2.75) is 32.4 Å². The molecule has 3 amide bonds. The lowest BCUT2D eigenvalue weighted by Crippen LogP contribution is -2.69. The number of halogens is 1. The van der Waals surface area contributed by atoms with E-state index in [9.17, 15) is 18.8 Å². The van der Waals surface area contributed by atoms with Gasteiger partial charge in [-0.1, -0.05) is 13.0 Å². The Balaban J connectivity index is 1.77. The van der Waals surface area contributed by atoms with Gasteiger partial charge < -0.3 is 15.1 Å². The Morgan fingerprint density at radius 1 is 1.33 bits per heavy atom. The molecule has 0 bridgehead atoms. The zero-order valence-electron chi connectivity index (χ0n) is 13.7. The zero-order valence-corrected chi connectivity index (χ0v) is 13.7. The monoisotopic (exact) mass is 333 g/mol. The highest BCUT2D eigenvalue weighted by Gasteiger charge is 2.43. The van der Waals surface area contributed by atoms with E-state index in [1.165, 1.54) is 11.0 Å². The number of hydrogen-bond donors (Lipinski definition) is 1. The van der Waals surface area contributed by atoms with Crippen LogP contribution in [-0.2, 0) is 9.59 Å². The Morgan fingerprint density at radius 2 is 2.08 bits per heavy atom. The summed E-state index contributed by atoms with van der Waals surface area (Å²) in [4.78, 5) is 40.2. The van der Waals surface area contributed by atoms with Crippen molar-refractivity contribution >= 4 is 17.7 Å². The maximum atomic E-state index is 13.7. The number of nitrogens with one attached hydrogen (secondary N) is 1. The molecular formula is C17H20FN3O3. The van der Waals surface area contributed by atoms with E-state index in [0.29, 0.717) is 25.1 Å². The molecule has 2 fully saturated rings. The Bertz CT molecular complexity index is 706. The van der Waals surface area contributed by atoms with Crippen LogP contribution >= 0.6 is 0 Å². The highest BCUT2D eigenvalue weighted by molar-refractivity contribution is 5.99. The van der Waals surface area contributed by atoms with Crippen LogP contribution in [0, 0.1) is 12.7 Å². The maximum absolute atomic E-state index is 13.7. The molecule has 2 aliphatic heterocycles. The summed E-state index contributed by atoms with van der Waals surface area (Å²) in [6.07, 6.45) is 0.541. The first-order chi connectivity index (χ1) is 11.4. The summed E-state index contributed by atoms with van der Waals surface area (Å²) < 4.78 is 13.7. The second-order valence-corrected chi connectivity index (χ2v) is 6.23. The number of rotatable bonds is 2. The molecule has 1 aromatic carbocycles. The number of piperazine rings is 2. The van der Waals surface area contributed by atoms with Crippen molar-refractivity contribution in [1.82, 2.24) is 15.1 Å². The average molecular weight is 333 g/mol. The molecule has 1 aromatic rings. The van der Waals surface area contributed by atoms with Crippen LogP contribution in [-0.4, -0.2) is 59.2 Å². The molecular weight excluding hydrogens is 313 g/mol. The van der Waals surface area contributed by atoms with Crippen LogP contribution in [0.25, 0.3) is 0 Å². The quantitative estimate of drug-likeness (QED) is 0.866. The fourth-order valence-corrected chi connectivity index (χ4v) is 3.17. The average Bonchev–Trinajstić information content (AvgIpc) is 2.59. The second kappa shape index (κ2) is 6.22. The summed E-state index contributed by atoms with van der Waals surface area (Å²) in [5, 5.41) is 2.70. The molecule has 0 aliphatic carbocycles. The van der Waals surface area contributed by atoms with E-state index in [-0.39, 0.29) is 29.8 Å². The number of amides is 3. The van der Waals surface area contributed by atoms with E-state index >= 15 is 0 Å². The van der Waals surface area contributed by atoms with Crippen LogP contribution in [0.4, 0.5) is 4.39 Å². The van der Waals surface area contributed by atoms with Crippen LogP contribution < -0.4 is 5.32 Å². The first kappa shape index (κ1) is 16.4. The highest BCUT2D eigenvalue weighted by atomic mass is 19.1. The molecule has 0 aromatic heterocycles. The number of aryl methyl sites for hydroxylation is 1. The Labute approximate surface area is 139 Å². The van der Waals surface area contributed by atoms with Crippen LogP contribution in [0.1, 0.15) is 29.3 Å². The van der Waals surface area contributed by atoms with Crippen molar-refractivity contribution in [1.29, 1.82) is 0 Å². The van der Waals surface area contributed by atoms with E-state index in [4.69, 9.17) is 0 Å². The van der Waals surface area contributed by atoms with Crippen molar-refractivity contribution in [3.05, 3.63) is 35.1 Å². The molecule has 24 heavy (non-hydrogen) atoms. The molecule has 2 heterocycles. The molecule has 2 saturated heterocycles. The normalized spacial score (nSPS) is 23.8. The number of fused-ring (bicyclic) bond motifs is 1. The second-order valence-electron chi connectivity index (χ2n) is 6.23. The summed E-state index contributed by atoms with van der Waals surface area (Å²) in [5.74, 6) is -1.10. The molecule has 0 saturated carbocycles. The standard InChI is InChI=1S/C17H20FN3O3/c1-3-13-17(24)21-7-6-20(9-14(21)15(22)19-13)16(23)11-5-4-10(2)12(18)8-11/h4-5,8,13-14H,3,6-7,9H2,1-2H3,(H,19,22)/t13-,14+/m0/s1. The van der Waals surface area contributed by atoms with Crippen molar-refractivity contribution < 1.29 is 18.8 Å². The van der Waals surface area contributed by atoms with Crippen molar-refractivity contribution in [2.75, 3.05) is 19.6 Å². The Kier molecular flexibility index (Phi) is 4.26. The predicted octanol–water partition coefficient (Wildman–Crippen LogP) is 0.696. The van der Waals surface area contributed by atoms with E-state index in [0.717, 1.165) is 0 Å². The lowest BCUT2D eigenvalue weighted by atomic mass is 10.0. The maximum Gasteiger partial charge on any atom is 0.254 e. The van der Waals surface area contributed by atoms with Gasteiger partial charge in [0, 0.05) is 18.7 Å². The summed E-state index contributed by atoms with van der Waals surface area (Å²) in [5.41, 5.74) is 0.722. The molecule has 0 radical (unpaired) electrons. The number of benzene rings is 1.